The monoisotopic (exact) mass is 486 g/mol. The first-order chi connectivity index (χ1) is 17.5. The van der Waals surface area contributed by atoms with Crippen LogP contribution in [-0.2, 0) is 4.79 Å². The number of fused-ring (bicyclic) bond motifs is 2. The summed E-state index contributed by atoms with van der Waals surface area (Å²) in [6, 6.07) is 7.32. The van der Waals surface area contributed by atoms with Crippen LogP contribution in [0, 0.1) is 0 Å². The largest absolute Gasteiger partial charge is 0.354 e. The summed E-state index contributed by atoms with van der Waals surface area (Å²) in [5.41, 5.74) is 4.34. The van der Waals surface area contributed by atoms with Crippen LogP contribution in [0.4, 0.5) is 17.5 Å². The Bertz CT molecular complexity index is 1480. The molecule has 1 amide bonds. The van der Waals surface area contributed by atoms with Crippen molar-refractivity contribution in [2.45, 2.75) is 19.9 Å². The molecule has 36 heavy (non-hydrogen) atoms. The number of aromatic nitrogens is 8. The Morgan fingerprint density at radius 2 is 2.00 bits per heavy atom. The highest BCUT2D eigenvalue weighted by atomic mass is 16.1. The van der Waals surface area contributed by atoms with Crippen molar-refractivity contribution in [1.29, 1.82) is 0 Å². The summed E-state index contributed by atoms with van der Waals surface area (Å²) in [6.45, 7) is 7.44. The second kappa shape index (κ2) is 8.68. The predicted octanol–water partition coefficient (Wildman–Crippen LogP) is 1.34. The van der Waals surface area contributed by atoms with Crippen LogP contribution < -0.4 is 20.4 Å². The van der Waals surface area contributed by atoms with Crippen molar-refractivity contribution in [3.8, 4) is 11.4 Å². The lowest BCUT2D eigenvalue weighted by Crippen LogP contribution is -2.43. The van der Waals surface area contributed by atoms with Gasteiger partial charge in [-0.1, -0.05) is 5.10 Å². The van der Waals surface area contributed by atoms with Crippen LogP contribution in [0.25, 0.3) is 22.3 Å². The minimum absolute atomic E-state index is 0.208. The van der Waals surface area contributed by atoms with Gasteiger partial charge in [0.1, 0.15) is 17.8 Å². The number of hydrogen-bond acceptors (Lipinski definition) is 10. The number of benzene rings is 1. The lowest BCUT2D eigenvalue weighted by atomic mass is 10.0. The number of nitrogens with one attached hydrogen (secondary N) is 3. The third-order valence-electron chi connectivity index (χ3n) is 6.85. The Labute approximate surface area is 206 Å². The number of H-pyrrole nitrogens is 1. The van der Waals surface area contributed by atoms with Crippen molar-refractivity contribution in [1.82, 2.24) is 45.7 Å². The molecule has 1 aromatic carbocycles. The van der Waals surface area contributed by atoms with E-state index < -0.39 is 0 Å². The number of carbonyl (C=O) groups is 1. The zero-order valence-corrected chi connectivity index (χ0v) is 20.2. The molecular formula is C23H26N12O. The molecule has 0 spiro atoms. The first kappa shape index (κ1) is 22.1. The number of piperazine rings is 1. The highest BCUT2D eigenvalue weighted by Crippen LogP contribution is 2.33. The molecule has 0 saturated carbocycles. The van der Waals surface area contributed by atoms with E-state index >= 15 is 0 Å². The number of hydrogen-bond donors (Lipinski definition) is 3. The molecule has 13 nitrogen and oxygen atoms in total. The summed E-state index contributed by atoms with van der Waals surface area (Å²) in [5.74, 6) is 1.27. The van der Waals surface area contributed by atoms with E-state index in [4.69, 9.17) is 0 Å². The van der Waals surface area contributed by atoms with E-state index in [0.717, 1.165) is 54.3 Å². The molecule has 4 aromatic rings. The molecule has 0 aliphatic carbocycles. The van der Waals surface area contributed by atoms with Gasteiger partial charge in [0.25, 0.3) is 5.91 Å². The second-order valence-corrected chi connectivity index (χ2v) is 8.94. The third-order valence-corrected chi connectivity index (χ3v) is 6.85. The average molecular weight is 487 g/mol. The fourth-order valence-electron chi connectivity index (χ4n) is 4.80. The number of tetrazole rings is 1. The Morgan fingerprint density at radius 3 is 2.83 bits per heavy atom. The van der Waals surface area contributed by atoms with Crippen LogP contribution in [0.5, 0.6) is 0 Å². The van der Waals surface area contributed by atoms with Gasteiger partial charge in [-0.05, 0) is 42.5 Å². The molecular weight excluding hydrogens is 460 g/mol. The molecule has 1 atom stereocenters. The Kier molecular flexibility index (Phi) is 5.33. The van der Waals surface area contributed by atoms with Crippen molar-refractivity contribution in [2.24, 2.45) is 0 Å². The molecule has 1 fully saturated rings. The molecule has 2 aliphatic heterocycles. The van der Waals surface area contributed by atoms with Crippen molar-refractivity contribution in [3.63, 3.8) is 0 Å². The van der Waals surface area contributed by atoms with Crippen LogP contribution in [0.15, 0.2) is 41.9 Å². The fourth-order valence-corrected chi connectivity index (χ4v) is 4.80. The van der Waals surface area contributed by atoms with Gasteiger partial charge in [-0.15, -0.1) is 0 Å². The van der Waals surface area contributed by atoms with Crippen molar-refractivity contribution >= 4 is 34.3 Å². The van der Waals surface area contributed by atoms with E-state index in [9.17, 15) is 4.79 Å². The summed E-state index contributed by atoms with van der Waals surface area (Å²) < 4.78 is 1.64. The smallest absolute Gasteiger partial charge is 0.255 e. The van der Waals surface area contributed by atoms with Crippen molar-refractivity contribution in [2.75, 3.05) is 48.3 Å². The van der Waals surface area contributed by atoms with E-state index in [1.807, 2.05) is 50.1 Å². The van der Waals surface area contributed by atoms with Gasteiger partial charge >= 0.3 is 0 Å². The normalized spacial score (nSPS) is 18.0. The van der Waals surface area contributed by atoms with E-state index in [-0.39, 0.29) is 11.9 Å². The van der Waals surface area contributed by atoms with Gasteiger partial charge in [-0.3, -0.25) is 9.89 Å². The Hall–Kier alpha value is -4.39. The minimum Gasteiger partial charge on any atom is -0.354 e. The van der Waals surface area contributed by atoms with Crippen molar-refractivity contribution in [3.05, 3.63) is 41.9 Å². The summed E-state index contributed by atoms with van der Waals surface area (Å²) in [5, 5.41) is 26.7. The van der Waals surface area contributed by atoms with Gasteiger partial charge in [-0.25, -0.2) is 14.6 Å². The fraction of sp³-hybridized carbons (Fsp3) is 0.348. The summed E-state index contributed by atoms with van der Waals surface area (Å²) >= 11 is 0. The molecule has 3 aromatic heterocycles. The molecule has 6 rings (SSSR count). The van der Waals surface area contributed by atoms with E-state index in [0.29, 0.717) is 22.9 Å². The molecule has 1 saturated heterocycles. The number of aromatic amines is 1. The van der Waals surface area contributed by atoms with Crippen molar-refractivity contribution < 1.29 is 4.79 Å². The first-order valence-corrected chi connectivity index (χ1v) is 11.8. The number of nitrogens with zero attached hydrogens (tertiary/aromatic N) is 9. The van der Waals surface area contributed by atoms with E-state index in [2.05, 4.69) is 51.2 Å². The summed E-state index contributed by atoms with van der Waals surface area (Å²) in [7, 11) is 1.84. The zero-order valence-electron chi connectivity index (χ0n) is 20.2. The number of rotatable bonds is 4. The maximum absolute atomic E-state index is 13.4. The molecule has 3 N–H and O–H groups in total. The van der Waals surface area contributed by atoms with Crippen LogP contribution in [0.1, 0.15) is 19.9 Å². The van der Waals surface area contributed by atoms with Gasteiger partial charge in [-0.2, -0.15) is 5.10 Å². The van der Waals surface area contributed by atoms with Gasteiger partial charge in [0.15, 0.2) is 0 Å². The SMILES string of the molecule is CC1=C(C(=O)Nc2ccc3[nH]nc(-c4cc(N5CCNCC5)ncn4)c3c2)[C@@H](C)n2nnnc2N1C. The standard InChI is InChI=1S/C23H26N12O/c1-13-20(14(2)35-23(33(13)3)30-31-32-35)22(36)27-15-4-5-17-16(10-15)21(29-28-17)18-11-19(26-12-25-18)34-8-6-24-7-9-34/h4-5,10-12,14,24H,6-9H2,1-3H3,(H,27,36)(H,28,29)/t14-/m1/s1. The van der Waals surface area contributed by atoms with Gasteiger partial charge < -0.3 is 20.4 Å². The van der Waals surface area contributed by atoms with Crippen LogP contribution in [0.3, 0.4) is 0 Å². The molecule has 0 unspecified atom stereocenters. The minimum atomic E-state index is -0.302. The topological polar surface area (TPSA) is 146 Å². The van der Waals surface area contributed by atoms with E-state index in [1.165, 1.54) is 0 Å². The lowest BCUT2D eigenvalue weighted by molar-refractivity contribution is -0.113. The number of allylic oxidation sites excluding steroid dienone is 1. The Balaban J connectivity index is 1.30. The maximum atomic E-state index is 13.4. The number of carbonyl (C=O) groups excluding carboxylic acids is 1. The number of amides is 1. The second-order valence-electron chi connectivity index (χ2n) is 8.94. The molecule has 0 bridgehead atoms. The Morgan fingerprint density at radius 1 is 1.17 bits per heavy atom. The first-order valence-electron chi connectivity index (χ1n) is 11.8. The molecule has 184 valence electrons. The lowest BCUT2D eigenvalue weighted by Gasteiger charge is -2.30. The summed E-state index contributed by atoms with van der Waals surface area (Å²) in [4.78, 5) is 26.4. The van der Waals surface area contributed by atoms with Gasteiger partial charge in [0.2, 0.25) is 5.95 Å². The average Bonchev–Trinajstić information content (AvgIpc) is 3.56. The quantitative estimate of drug-likeness (QED) is 0.386. The van der Waals surface area contributed by atoms with E-state index in [1.54, 1.807) is 11.0 Å². The highest BCUT2D eigenvalue weighted by Gasteiger charge is 2.32. The predicted molar refractivity (Wildman–Crippen MR) is 134 cm³/mol. The third kappa shape index (κ3) is 3.64. The van der Waals surface area contributed by atoms with Crippen LogP contribution >= 0.6 is 0 Å². The molecule has 0 radical (unpaired) electrons. The summed E-state index contributed by atoms with van der Waals surface area (Å²) in [6.07, 6.45) is 1.57. The zero-order chi connectivity index (χ0) is 24.8. The maximum Gasteiger partial charge on any atom is 0.255 e. The molecule has 2 aliphatic rings. The molecule has 5 heterocycles. The van der Waals surface area contributed by atoms with Gasteiger partial charge in [0.05, 0.1) is 22.8 Å². The van der Waals surface area contributed by atoms with Crippen LogP contribution in [-0.4, -0.2) is 79.5 Å². The number of anilines is 3. The molecule has 13 heteroatoms. The highest BCUT2D eigenvalue weighted by molar-refractivity contribution is 6.07. The van der Waals surface area contributed by atoms with Gasteiger partial charge in [0, 0.05) is 56.1 Å². The van der Waals surface area contributed by atoms with Crippen LogP contribution in [0.2, 0.25) is 0 Å².